The maximum atomic E-state index is 14.6. The number of hydrogen-bond donors (Lipinski definition) is 0. The van der Waals surface area contributed by atoms with E-state index in [0.717, 1.165) is 6.07 Å². The molecule has 6 nitrogen and oxygen atoms in total. The number of fused-ring (bicyclic) bond motifs is 1. The lowest BCUT2D eigenvalue weighted by atomic mass is 9.87. The van der Waals surface area contributed by atoms with Crippen LogP contribution in [0.2, 0.25) is 0 Å². The van der Waals surface area contributed by atoms with Crippen LogP contribution in [0.3, 0.4) is 0 Å². The van der Waals surface area contributed by atoms with E-state index in [1.807, 2.05) is 0 Å². The predicted octanol–water partition coefficient (Wildman–Crippen LogP) is 4.34. The van der Waals surface area contributed by atoms with Crippen molar-refractivity contribution in [2.75, 3.05) is 5.75 Å². The summed E-state index contributed by atoms with van der Waals surface area (Å²) in [4.78, 5) is 4.25. The molecule has 168 valence electrons. The van der Waals surface area contributed by atoms with E-state index >= 15 is 0 Å². The highest BCUT2D eigenvalue weighted by Gasteiger charge is 2.43. The topological polar surface area (TPSA) is 86.1 Å². The molecule has 2 heterocycles. The molecular formula is C23H23FN2O4S2. The van der Waals surface area contributed by atoms with E-state index in [1.54, 1.807) is 50.4 Å². The molecule has 0 saturated heterocycles. The van der Waals surface area contributed by atoms with E-state index in [2.05, 4.69) is 4.98 Å². The van der Waals surface area contributed by atoms with Crippen molar-refractivity contribution in [3.8, 4) is 0 Å². The number of sulfone groups is 1. The van der Waals surface area contributed by atoms with Crippen LogP contribution in [-0.4, -0.2) is 36.3 Å². The van der Waals surface area contributed by atoms with Crippen molar-refractivity contribution in [1.82, 2.24) is 8.96 Å². The Balaban J connectivity index is 1.77. The van der Waals surface area contributed by atoms with Gasteiger partial charge in [-0.05, 0) is 67.8 Å². The van der Waals surface area contributed by atoms with Crippen molar-refractivity contribution in [2.24, 2.45) is 0 Å². The second-order valence-electron chi connectivity index (χ2n) is 8.00. The molecule has 1 aliphatic carbocycles. The molecule has 0 N–H and O–H groups in total. The number of nitrogens with zero attached hydrogens (tertiary/aromatic N) is 2. The van der Waals surface area contributed by atoms with Gasteiger partial charge in [0, 0.05) is 23.3 Å². The van der Waals surface area contributed by atoms with Gasteiger partial charge in [0.15, 0.2) is 15.5 Å². The monoisotopic (exact) mass is 474 g/mol. The van der Waals surface area contributed by atoms with Gasteiger partial charge in [0.05, 0.1) is 10.6 Å². The molecule has 0 fully saturated rings. The summed E-state index contributed by atoms with van der Waals surface area (Å²) in [6.07, 6.45) is 6.39. The van der Waals surface area contributed by atoms with Gasteiger partial charge in [0.25, 0.3) is 0 Å². The number of halogens is 1. The first-order valence-electron chi connectivity index (χ1n) is 10.1. The van der Waals surface area contributed by atoms with E-state index in [0.29, 0.717) is 22.2 Å². The van der Waals surface area contributed by atoms with Crippen molar-refractivity contribution in [2.45, 2.75) is 36.8 Å². The summed E-state index contributed by atoms with van der Waals surface area (Å²) in [6, 6.07) is 8.91. The summed E-state index contributed by atoms with van der Waals surface area (Å²) in [5, 5.41) is 0.712. The highest BCUT2D eigenvalue weighted by molar-refractivity contribution is 7.91. The standard InChI is InChI=1S/C23H23FN2O4S2/c1-4-31(27,28)19-7-8-21(24)20(15-19)18-9-11-23(3,16(2)14-18)32(29,30)26-13-10-17-6-5-12-25-22(17)26/h5-10,12-15H,4,11H2,1-3H3. The molecule has 0 spiro atoms. The summed E-state index contributed by atoms with van der Waals surface area (Å²) in [6.45, 7) is 4.84. The molecule has 9 heteroatoms. The van der Waals surface area contributed by atoms with Gasteiger partial charge in [0.2, 0.25) is 10.0 Å². The fraction of sp³-hybridized carbons (Fsp3) is 0.261. The molecule has 0 amide bonds. The summed E-state index contributed by atoms with van der Waals surface area (Å²) >= 11 is 0. The van der Waals surface area contributed by atoms with Gasteiger partial charge in [0.1, 0.15) is 10.6 Å². The average Bonchev–Trinajstić information content (AvgIpc) is 3.21. The highest BCUT2D eigenvalue weighted by Crippen LogP contribution is 2.40. The normalized spacial score (nSPS) is 19.6. The first-order chi connectivity index (χ1) is 15.0. The molecule has 3 aromatic rings. The van der Waals surface area contributed by atoms with Gasteiger partial charge in [-0.25, -0.2) is 30.2 Å². The lowest BCUT2D eigenvalue weighted by molar-refractivity contribution is 0.546. The molecule has 0 aliphatic heterocycles. The molecule has 0 saturated carbocycles. The Morgan fingerprint density at radius 1 is 1.16 bits per heavy atom. The van der Waals surface area contributed by atoms with E-state index in [1.165, 1.54) is 29.2 Å². The van der Waals surface area contributed by atoms with Gasteiger partial charge in [-0.3, -0.25) is 0 Å². The highest BCUT2D eigenvalue weighted by atomic mass is 32.2. The smallest absolute Gasteiger partial charge is 0.237 e. The Kier molecular flexibility index (Phi) is 5.37. The lowest BCUT2D eigenvalue weighted by Gasteiger charge is -2.33. The van der Waals surface area contributed by atoms with Crippen LogP contribution in [0.15, 0.2) is 71.4 Å². The third kappa shape index (κ3) is 3.40. The van der Waals surface area contributed by atoms with Crippen LogP contribution < -0.4 is 0 Å². The quantitative estimate of drug-likeness (QED) is 0.514. The van der Waals surface area contributed by atoms with Gasteiger partial charge >= 0.3 is 0 Å². The van der Waals surface area contributed by atoms with E-state index in [-0.39, 0.29) is 22.6 Å². The first kappa shape index (κ1) is 22.4. The van der Waals surface area contributed by atoms with Crippen molar-refractivity contribution in [3.63, 3.8) is 0 Å². The number of pyridine rings is 1. The summed E-state index contributed by atoms with van der Waals surface area (Å²) < 4.78 is 66.3. The molecule has 32 heavy (non-hydrogen) atoms. The van der Waals surface area contributed by atoms with Crippen LogP contribution >= 0.6 is 0 Å². The Hall–Kier alpha value is -2.78. The Morgan fingerprint density at radius 2 is 1.91 bits per heavy atom. The summed E-state index contributed by atoms with van der Waals surface area (Å²) in [7, 11) is -7.40. The molecule has 2 aromatic heterocycles. The van der Waals surface area contributed by atoms with Crippen LogP contribution in [0.4, 0.5) is 4.39 Å². The Bertz CT molecular complexity index is 1500. The van der Waals surface area contributed by atoms with Crippen molar-refractivity contribution in [3.05, 3.63) is 77.9 Å². The fourth-order valence-corrected chi connectivity index (χ4v) is 6.55. The fourth-order valence-electron chi connectivity index (χ4n) is 3.85. The number of allylic oxidation sites excluding steroid dienone is 3. The third-order valence-electron chi connectivity index (χ3n) is 6.15. The maximum absolute atomic E-state index is 14.6. The van der Waals surface area contributed by atoms with Gasteiger partial charge in [-0.15, -0.1) is 0 Å². The molecule has 0 bridgehead atoms. The van der Waals surface area contributed by atoms with Gasteiger partial charge in [-0.2, -0.15) is 0 Å². The molecule has 1 unspecified atom stereocenters. The van der Waals surface area contributed by atoms with Gasteiger partial charge in [-0.1, -0.05) is 19.1 Å². The van der Waals surface area contributed by atoms with E-state index in [4.69, 9.17) is 0 Å². The second-order valence-corrected chi connectivity index (χ2v) is 12.5. The lowest BCUT2D eigenvalue weighted by Crippen LogP contribution is -2.41. The van der Waals surface area contributed by atoms with Crippen LogP contribution in [0.1, 0.15) is 32.8 Å². The van der Waals surface area contributed by atoms with Crippen LogP contribution in [0.5, 0.6) is 0 Å². The zero-order chi connectivity index (χ0) is 23.3. The number of hydrogen-bond acceptors (Lipinski definition) is 5. The summed E-state index contributed by atoms with van der Waals surface area (Å²) in [5.41, 5.74) is 1.46. The average molecular weight is 475 g/mol. The third-order valence-corrected chi connectivity index (χ3v) is 10.3. The van der Waals surface area contributed by atoms with E-state index < -0.39 is 30.4 Å². The maximum Gasteiger partial charge on any atom is 0.249 e. The minimum absolute atomic E-state index is 0.0363. The summed E-state index contributed by atoms with van der Waals surface area (Å²) in [5.74, 6) is -0.663. The molecule has 4 rings (SSSR count). The van der Waals surface area contributed by atoms with Crippen LogP contribution in [0, 0.1) is 5.82 Å². The SMILES string of the molecule is CCS(=O)(=O)c1ccc(F)c(C2=CCC(C)(S(=O)(=O)n3ccc4cccnc43)C(C)=C2)c1. The molecular weight excluding hydrogens is 451 g/mol. The molecule has 0 radical (unpaired) electrons. The van der Waals surface area contributed by atoms with Crippen molar-refractivity contribution in [1.29, 1.82) is 0 Å². The number of rotatable bonds is 5. The largest absolute Gasteiger partial charge is 0.249 e. The zero-order valence-electron chi connectivity index (χ0n) is 17.9. The Labute approximate surface area is 187 Å². The number of benzene rings is 1. The minimum Gasteiger partial charge on any atom is -0.237 e. The number of aromatic nitrogens is 2. The first-order valence-corrected chi connectivity index (χ1v) is 13.2. The predicted molar refractivity (Wildman–Crippen MR) is 123 cm³/mol. The molecule has 1 aromatic carbocycles. The van der Waals surface area contributed by atoms with Crippen molar-refractivity contribution < 1.29 is 21.2 Å². The van der Waals surface area contributed by atoms with Gasteiger partial charge < -0.3 is 0 Å². The van der Waals surface area contributed by atoms with Crippen LogP contribution in [0.25, 0.3) is 16.6 Å². The Morgan fingerprint density at radius 3 is 2.59 bits per heavy atom. The molecule has 1 aliphatic rings. The zero-order valence-corrected chi connectivity index (χ0v) is 19.5. The second kappa shape index (κ2) is 7.67. The van der Waals surface area contributed by atoms with E-state index in [9.17, 15) is 21.2 Å². The molecule has 1 atom stereocenters. The minimum atomic E-state index is -3.89. The van der Waals surface area contributed by atoms with Crippen LogP contribution in [-0.2, 0) is 19.9 Å². The van der Waals surface area contributed by atoms with Crippen molar-refractivity contribution >= 4 is 36.5 Å².